The summed E-state index contributed by atoms with van der Waals surface area (Å²) in [5.74, 6) is -2.75. The van der Waals surface area contributed by atoms with Crippen LogP contribution in [0, 0.1) is 0 Å². The summed E-state index contributed by atoms with van der Waals surface area (Å²) in [4.78, 5) is 14.7. The molecule has 0 aliphatic carbocycles. The van der Waals surface area contributed by atoms with Crippen molar-refractivity contribution >= 4 is 28.5 Å². The van der Waals surface area contributed by atoms with Crippen molar-refractivity contribution in [1.29, 1.82) is 0 Å². The van der Waals surface area contributed by atoms with E-state index in [0.29, 0.717) is 10.9 Å². The van der Waals surface area contributed by atoms with Gasteiger partial charge >= 0.3 is 5.97 Å². The normalized spacial score (nSPS) is 12.8. The molecule has 0 amide bonds. The molecule has 1 unspecified atom stereocenters. The smallest absolute Gasteiger partial charge is 0.304 e. The number of carboxylic acids is 1. The largest absolute Gasteiger partial charge is 0.481 e. The number of carbonyl (C=O) groups is 1. The molecular weight excluding hydrogens is 276 g/mol. The molecular formula is C13H10ClF2NO2. The second-order valence-electron chi connectivity index (χ2n) is 4.10. The second-order valence-corrected chi connectivity index (χ2v) is 4.46. The maximum absolute atomic E-state index is 13.0. The average molecular weight is 286 g/mol. The number of aliphatic carboxylic acids is 1. The minimum absolute atomic E-state index is 0.0674. The molecule has 0 saturated heterocycles. The van der Waals surface area contributed by atoms with Crippen LogP contribution in [-0.4, -0.2) is 22.5 Å². The summed E-state index contributed by atoms with van der Waals surface area (Å²) in [6, 6.07) is 8.40. The first-order valence-electron chi connectivity index (χ1n) is 5.54. The summed E-state index contributed by atoms with van der Waals surface area (Å²) in [6.07, 6.45) is -3.49. The zero-order valence-corrected chi connectivity index (χ0v) is 10.4. The number of para-hydroxylation sites is 1. The van der Waals surface area contributed by atoms with Crippen LogP contribution in [0.2, 0.25) is 5.15 Å². The Morgan fingerprint density at radius 1 is 1.37 bits per heavy atom. The van der Waals surface area contributed by atoms with Gasteiger partial charge in [0, 0.05) is 5.39 Å². The van der Waals surface area contributed by atoms with Crippen LogP contribution >= 0.6 is 11.6 Å². The Hall–Kier alpha value is -1.75. The maximum Gasteiger partial charge on any atom is 0.304 e. The van der Waals surface area contributed by atoms with Crippen molar-refractivity contribution in [1.82, 2.24) is 4.98 Å². The number of halogens is 3. The predicted octanol–water partition coefficient (Wildman–Crippen LogP) is 3.71. The molecule has 1 heterocycles. The van der Waals surface area contributed by atoms with Crippen molar-refractivity contribution in [3.05, 3.63) is 41.0 Å². The van der Waals surface area contributed by atoms with Crippen LogP contribution in [0.25, 0.3) is 10.9 Å². The summed E-state index contributed by atoms with van der Waals surface area (Å²) in [5.41, 5.74) is 0.650. The van der Waals surface area contributed by atoms with Crippen molar-refractivity contribution in [2.45, 2.75) is 18.8 Å². The van der Waals surface area contributed by atoms with Crippen molar-refractivity contribution in [2.24, 2.45) is 0 Å². The predicted molar refractivity (Wildman–Crippen MR) is 67.8 cm³/mol. The van der Waals surface area contributed by atoms with Gasteiger partial charge in [0.15, 0.2) is 0 Å². The van der Waals surface area contributed by atoms with E-state index in [2.05, 4.69) is 4.98 Å². The minimum atomic E-state index is -2.81. The van der Waals surface area contributed by atoms with Gasteiger partial charge in [-0.05, 0) is 17.7 Å². The van der Waals surface area contributed by atoms with Crippen LogP contribution in [0.3, 0.4) is 0 Å². The van der Waals surface area contributed by atoms with Crippen LogP contribution in [0.15, 0.2) is 30.3 Å². The Morgan fingerprint density at radius 2 is 2.05 bits per heavy atom. The Kier molecular flexibility index (Phi) is 3.95. The van der Waals surface area contributed by atoms with E-state index in [1.54, 1.807) is 24.3 Å². The average Bonchev–Trinajstić information content (AvgIpc) is 2.35. The molecule has 6 heteroatoms. The molecule has 2 aromatic rings. The van der Waals surface area contributed by atoms with Gasteiger partial charge in [-0.15, -0.1) is 0 Å². The summed E-state index contributed by atoms with van der Waals surface area (Å²) in [7, 11) is 0. The van der Waals surface area contributed by atoms with Crippen LogP contribution in [0.4, 0.5) is 8.78 Å². The van der Waals surface area contributed by atoms with Crippen molar-refractivity contribution in [3.63, 3.8) is 0 Å². The Labute approximate surface area is 112 Å². The molecule has 0 fully saturated rings. The molecule has 2 rings (SSSR count). The summed E-state index contributed by atoms with van der Waals surface area (Å²) in [6.45, 7) is 0. The zero-order valence-electron chi connectivity index (χ0n) is 9.69. The van der Waals surface area contributed by atoms with Gasteiger partial charge in [-0.25, -0.2) is 13.8 Å². The molecule has 0 radical (unpaired) electrons. The molecule has 19 heavy (non-hydrogen) atoms. The third kappa shape index (κ3) is 2.98. The first-order chi connectivity index (χ1) is 8.99. The highest BCUT2D eigenvalue weighted by Gasteiger charge is 2.28. The van der Waals surface area contributed by atoms with Gasteiger partial charge in [0.25, 0.3) is 0 Å². The second kappa shape index (κ2) is 5.48. The van der Waals surface area contributed by atoms with Crippen molar-refractivity contribution in [2.75, 3.05) is 0 Å². The maximum atomic E-state index is 13.0. The quantitative estimate of drug-likeness (QED) is 0.871. The third-order valence-electron chi connectivity index (χ3n) is 2.80. The monoisotopic (exact) mass is 285 g/mol. The lowest BCUT2D eigenvalue weighted by Crippen LogP contribution is -2.15. The standard InChI is InChI=1S/C13H10ClF2NO2/c14-12-8(9(13(15)16)6-11(18)19)5-7-3-1-2-4-10(7)17-12/h1-5,9,13H,6H2,(H,18,19). The van der Waals surface area contributed by atoms with E-state index in [1.807, 2.05) is 0 Å². The first-order valence-corrected chi connectivity index (χ1v) is 5.92. The molecule has 0 spiro atoms. The minimum Gasteiger partial charge on any atom is -0.481 e. The molecule has 1 N–H and O–H groups in total. The van der Waals surface area contributed by atoms with Crippen molar-refractivity contribution < 1.29 is 18.7 Å². The number of benzene rings is 1. The van der Waals surface area contributed by atoms with Gasteiger partial charge in [-0.2, -0.15) is 0 Å². The highest BCUT2D eigenvalue weighted by Crippen LogP contribution is 2.33. The molecule has 1 atom stereocenters. The van der Waals surface area contributed by atoms with Crippen LogP contribution < -0.4 is 0 Å². The van der Waals surface area contributed by atoms with Gasteiger partial charge in [0.05, 0.1) is 17.9 Å². The number of pyridine rings is 1. The molecule has 3 nitrogen and oxygen atoms in total. The van der Waals surface area contributed by atoms with E-state index < -0.39 is 24.7 Å². The van der Waals surface area contributed by atoms with E-state index in [1.165, 1.54) is 6.07 Å². The fourth-order valence-corrected chi connectivity index (χ4v) is 2.18. The molecule has 100 valence electrons. The molecule has 0 bridgehead atoms. The number of nitrogens with zero attached hydrogens (tertiary/aromatic N) is 1. The van der Waals surface area contributed by atoms with Crippen LogP contribution in [0.5, 0.6) is 0 Å². The Balaban J connectivity index is 2.52. The van der Waals surface area contributed by atoms with Gasteiger partial charge in [0.1, 0.15) is 5.15 Å². The fraction of sp³-hybridized carbons (Fsp3) is 0.231. The van der Waals surface area contributed by atoms with E-state index in [0.717, 1.165) is 0 Å². The van der Waals surface area contributed by atoms with E-state index in [-0.39, 0.29) is 10.7 Å². The first kappa shape index (κ1) is 13.7. The Morgan fingerprint density at radius 3 is 2.68 bits per heavy atom. The lowest BCUT2D eigenvalue weighted by atomic mass is 9.96. The van der Waals surface area contributed by atoms with E-state index in [9.17, 15) is 13.6 Å². The number of rotatable bonds is 4. The van der Waals surface area contributed by atoms with Gasteiger partial charge in [-0.3, -0.25) is 4.79 Å². The van der Waals surface area contributed by atoms with Crippen molar-refractivity contribution in [3.8, 4) is 0 Å². The number of fused-ring (bicyclic) bond motifs is 1. The van der Waals surface area contributed by atoms with E-state index in [4.69, 9.17) is 16.7 Å². The highest BCUT2D eigenvalue weighted by atomic mass is 35.5. The number of hydrogen-bond donors (Lipinski definition) is 1. The molecule has 1 aromatic heterocycles. The molecule has 0 aliphatic rings. The zero-order chi connectivity index (χ0) is 14.0. The number of alkyl halides is 2. The van der Waals surface area contributed by atoms with Crippen LogP contribution in [0.1, 0.15) is 17.9 Å². The highest BCUT2D eigenvalue weighted by molar-refractivity contribution is 6.30. The topological polar surface area (TPSA) is 50.2 Å². The summed E-state index contributed by atoms with van der Waals surface area (Å²) in [5, 5.41) is 9.27. The molecule has 0 saturated carbocycles. The van der Waals surface area contributed by atoms with Gasteiger partial charge in [-0.1, -0.05) is 29.8 Å². The third-order valence-corrected chi connectivity index (χ3v) is 3.11. The van der Waals surface area contributed by atoms with Gasteiger partial charge in [0.2, 0.25) is 6.43 Å². The summed E-state index contributed by atoms with van der Waals surface area (Å²) >= 11 is 5.89. The lowest BCUT2D eigenvalue weighted by Gasteiger charge is -2.16. The summed E-state index contributed by atoms with van der Waals surface area (Å²) < 4.78 is 26.0. The number of carboxylic acid groups (broad SMARTS) is 1. The van der Waals surface area contributed by atoms with E-state index >= 15 is 0 Å². The molecule has 1 aromatic carbocycles. The number of aromatic nitrogens is 1. The van der Waals surface area contributed by atoms with Crippen LogP contribution in [-0.2, 0) is 4.79 Å². The number of hydrogen-bond acceptors (Lipinski definition) is 2. The van der Waals surface area contributed by atoms with Gasteiger partial charge < -0.3 is 5.11 Å². The molecule has 0 aliphatic heterocycles. The lowest BCUT2D eigenvalue weighted by molar-refractivity contribution is -0.138. The fourth-order valence-electron chi connectivity index (χ4n) is 1.89. The SMILES string of the molecule is O=C(O)CC(c1cc2ccccc2nc1Cl)C(F)F. The Bertz CT molecular complexity index is 619.